The smallest absolute Gasteiger partial charge is 0.243 e. The van der Waals surface area contributed by atoms with Crippen molar-refractivity contribution in [1.29, 1.82) is 0 Å². The van der Waals surface area contributed by atoms with Gasteiger partial charge in [0.25, 0.3) is 0 Å². The van der Waals surface area contributed by atoms with Gasteiger partial charge in [0, 0.05) is 50.1 Å². The van der Waals surface area contributed by atoms with Crippen molar-refractivity contribution in [2.45, 2.75) is 23.7 Å². The molecule has 0 unspecified atom stereocenters. The van der Waals surface area contributed by atoms with Crippen LogP contribution in [0.3, 0.4) is 0 Å². The average Bonchev–Trinajstić information content (AvgIpc) is 2.84. The van der Waals surface area contributed by atoms with Gasteiger partial charge in [0.1, 0.15) is 11.6 Å². The Morgan fingerprint density at radius 2 is 1.97 bits per heavy atom. The van der Waals surface area contributed by atoms with E-state index in [1.54, 1.807) is 55.1 Å². The van der Waals surface area contributed by atoms with E-state index in [0.29, 0.717) is 30.5 Å². The number of hydrogen-bond acceptors (Lipinski definition) is 7. The number of ether oxygens (including phenoxy) is 1. The van der Waals surface area contributed by atoms with Crippen molar-refractivity contribution in [2.24, 2.45) is 0 Å². The summed E-state index contributed by atoms with van der Waals surface area (Å²) in [6.45, 7) is 0.866. The van der Waals surface area contributed by atoms with E-state index < -0.39 is 10.0 Å². The molecule has 3 aromatic rings. The maximum absolute atomic E-state index is 13.2. The molecule has 1 N–H and O–H groups in total. The highest BCUT2D eigenvalue weighted by atomic mass is 32.2. The van der Waals surface area contributed by atoms with Crippen molar-refractivity contribution in [2.75, 3.05) is 32.6 Å². The second kappa shape index (κ2) is 8.99. The van der Waals surface area contributed by atoms with Crippen LogP contribution in [-0.2, 0) is 10.0 Å². The van der Waals surface area contributed by atoms with E-state index in [1.807, 2.05) is 18.2 Å². The molecular weight excluding hydrogens is 414 g/mol. The highest BCUT2D eigenvalue weighted by molar-refractivity contribution is 7.89. The van der Waals surface area contributed by atoms with Crippen LogP contribution in [0.1, 0.15) is 24.5 Å². The van der Waals surface area contributed by atoms with Gasteiger partial charge in [-0.25, -0.2) is 18.4 Å². The monoisotopic (exact) mass is 439 g/mol. The summed E-state index contributed by atoms with van der Waals surface area (Å²) in [5.41, 5.74) is 1.65. The minimum Gasteiger partial charge on any atom is -0.497 e. The van der Waals surface area contributed by atoms with E-state index in [-0.39, 0.29) is 10.8 Å². The van der Waals surface area contributed by atoms with E-state index in [1.165, 1.54) is 0 Å². The van der Waals surface area contributed by atoms with Crippen LogP contribution in [0, 0.1) is 0 Å². The lowest BCUT2D eigenvalue weighted by Crippen LogP contribution is -2.39. The summed E-state index contributed by atoms with van der Waals surface area (Å²) in [5.74, 6) is 1.87. The van der Waals surface area contributed by atoms with E-state index >= 15 is 0 Å². The Hall–Kier alpha value is -3.04. The number of piperidine rings is 1. The van der Waals surface area contributed by atoms with Crippen LogP contribution in [0.4, 0.5) is 5.82 Å². The first-order valence-corrected chi connectivity index (χ1v) is 11.6. The quantitative estimate of drug-likeness (QED) is 0.630. The number of nitrogens with zero attached hydrogens (tertiary/aromatic N) is 4. The van der Waals surface area contributed by atoms with Gasteiger partial charge in [-0.2, -0.15) is 4.31 Å². The molecule has 3 heterocycles. The molecule has 9 heteroatoms. The molecule has 1 fully saturated rings. The lowest BCUT2D eigenvalue weighted by atomic mass is 9.95. The Bertz CT molecular complexity index is 1140. The van der Waals surface area contributed by atoms with Gasteiger partial charge < -0.3 is 10.1 Å². The second-order valence-corrected chi connectivity index (χ2v) is 9.31. The number of aromatic nitrogens is 3. The topological polar surface area (TPSA) is 97.3 Å². The SMILES string of the molecule is CNc1cc([C@@H]2CCCN(S(=O)(=O)c3ccc(OC)cc3)C2)nc(-c2cccnc2)n1. The summed E-state index contributed by atoms with van der Waals surface area (Å²) in [6, 6.07) is 12.1. The minimum absolute atomic E-state index is 0.0210. The maximum atomic E-state index is 13.2. The van der Waals surface area contributed by atoms with Gasteiger partial charge in [-0.3, -0.25) is 4.98 Å². The van der Waals surface area contributed by atoms with E-state index in [9.17, 15) is 8.42 Å². The van der Waals surface area contributed by atoms with Crippen LogP contribution in [0.5, 0.6) is 5.75 Å². The Kier molecular flexibility index (Phi) is 6.15. The first-order valence-electron chi connectivity index (χ1n) is 10.1. The average molecular weight is 440 g/mol. The number of nitrogens with one attached hydrogen (secondary N) is 1. The summed E-state index contributed by atoms with van der Waals surface area (Å²) in [6.07, 6.45) is 5.05. The summed E-state index contributed by atoms with van der Waals surface area (Å²) in [5, 5.41) is 3.08. The number of rotatable bonds is 6. The third kappa shape index (κ3) is 4.52. The summed E-state index contributed by atoms with van der Waals surface area (Å²) < 4.78 is 33.1. The lowest BCUT2D eigenvalue weighted by molar-refractivity contribution is 0.312. The standard InChI is InChI=1S/C22H25N5O3S/c1-23-21-13-20(25-22(26-21)16-5-3-11-24-14-16)17-6-4-12-27(15-17)31(28,29)19-9-7-18(30-2)8-10-19/h3,5,7-11,13-14,17H,4,6,12,15H2,1-2H3,(H,23,25,26)/t17-/m1/s1. The molecule has 1 saturated heterocycles. The van der Waals surface area contributed by atoms with Gasteiger partial charge in [-0.15, -0.1) is 0 Å². The molecule has 8 nitrogen and oxygen atoms in total. The summed E-state index contributed by atoms with van der Waals surface area (Å²) in [4.78, 5) is 13.7. The van der Waals surface area contributed by atoms with Gasteiger partial charge in [0.05, 0.1) is 17.7 Å². The molecular formula is C22H25N5O3S. The third-order valence-corrected chi connectivity index (χ3v) is 7.30. The number of sulfonamides is 1. The van der Waals surface area contributed by atoms with Crippen LogP contribution in [-0.4, -0.2) is 54.9 Å². The fourth-order valence-corrected chi connectivity index (χ4v) is 5.25. The molecule has 0 saturated carbocycles. The minimum atomic E-state index is -3.60. The highest BCUT2D eigenvalue weighted by Crippen LogP contribution is 2.31. The molecule has 1 aliphatic heterocycles. The van der Waals surface area contributed by atoms with Crippen molar-refractivity contribution >= 4 is 15.8 Å². The Balaban J connectivity index is 1.62. The van der Waals surface area contributed by atoms with Gasteiger partial charge >= 0.3 is 0 Å². The maximum Gasteiger partial charge on any atom is 0.243 e. The first-order chi connectivity index (χ1) is 15.0. The largest absolute Gasteiger partial charge is 0.497 e. The van der Waals surface area contributed by atoms with Crippen LogP contribution in [0.25, 0.3) is 11.4 Å². The second-order valence-electron chi connectivity index (χ2n) is 7.37. The molecule has 0 radical (unpaired) electrons. The Labute approximate surface area is 182 Å². The molecule has 162 valence electrons. The number of anilines is 1. The Morgan fingerprint density at radius 3 is 2.65 bits per heavy atom. The number of pyridine rings is 1. The predicted molar refractivity (Wildman–Crippen MR) is 119 cm³/mol. The number of benzene rings is 1. The zero-order chi connectivity index (χ0) is 21.8. The first kappa shape index (κ1) is 21.2. The molecule has 1 aromatic carbocycles. The normalized spacial score (nSPS) is 17.3. The van der Waals surface area contributed by atoms with Crippen LogP contribution >= 0.6 is 0 Å². The van der Waals surface area contributed by atoms with Crippen molar-refractivity contribution in [3.63, 3.8) is 0 Å². The van der Waals surface area contributed by atoms with Gasteiger partial charge in [-0.05, 0) is 49.2 Å². The molecule has 31 heavy (non-hydrogen) atoms. The van der Waals surface area contributed by atoms with E-state index in [4.69, 9.17) is 9.72 Å². The number of hydrogen-bond donors (Lipinski definition) is 1. The van der Waals surface area contributed by atoms with Gasteiger partial charge in [-0.1, -0.05) is 0 Å². The molecule has 1 atom stereocenters. The molecule has 1 aliphatic rings. The zero-order valence-electron chi connectivity index (χ0n) is 17.5. The third-order valence-electron chi connectivity index (χ3n) is 5.42. The van der Waals surface area contributed by atoms with Crippen LogP contribution < -0.4 is 10.1 Å². The van der Waals surface area contributed by atoms with Gasteiger partial charge in [0.2, 0.25) is 10.0 Å². The van der Waals surface area contributed by atoms with Gasteiger partial charge in [0.15, 0.2) is 5.82 Å². The van der Waals surface area contributed by atoms with E-state index in [2.05, 4.69) is 15.3 Å². The fraction of sp³-hybridized carbons (Fsp3) is 0.318. The van der Waals surface area contributed by atoms with Crippen molar-refractivity contribution in [3.05, 3.63) is 60.6 Å². The zero-order valence-corrected chi connectivity index (χ0v) is 18.3. The summed E-state index contributed by atoms with van der Waals surface area (Å²) in [7, 11) is -0.236. The molecule has 0 aliphatic carbocycles. The molecule has 0 spiro atoms. The Morgan fingerprint density at radius 1 is 1.16 bits per heavy atom. The molecule has 0 amide bonds. The van der Waals surface area contributed by atoms with Crippen molar-refractivity contribution in [1.82, 2.24) is 19.3 Å². The summed E-state index contributed by atoms with van der Waals surface area (Å²) >= 11 is 0. The van der Waals surface area contributed by atoms with E-state index in [0.717, 1.165) is 24.1 Å². The molecule has 0 bridgehead atoms. The van der Waals surface area contributed by atoms with Crippen molar-refractivity contribution in [3.8, 4) is 17.1 Å². The lowest BCUT2D eigenvalue weighted by Gasteiger charge is -2.32. The fourth-order valence-electron chi connectivity index (χ4n) is 3.73. The van der Waals surface area contributed by atoms with Crippen molar-refractivity contribution < 1.29 is 13.2 Å². The van der Waals surface area contributed by atoms with Crippen LogP contribution in [0.15, 0.2) is 59.8 Å². The predicted octanol–water partition coefficient (Wildman–Crippen LogP) is 3.16. The molecule has 4 rings (SSSR count). The highest BCUT2D eigenvalue weighted by Gasteiger charge is 2.32. The number of methoxy groups -OCH3 is 1. The molecule has 2 aromatic heterocycles. The van der Waals surface area contributed by atoms with Crippen LogP contribution in [0.2, 0.25) is 0 Å².